The maximum absolute atomic E-state index is 12.9. The van der Waals surface area contributed by atoms with Gasteiger partial charge in [0.05, 0.1) is 11.8 Å². The molecule has 3 heterocycles. The van der Waals surface area contributed by atoms with Gasteiger partial charge in [0.2, 0.25) is 0 Å². The Morgan fingerprint density at radius 1 is 1.17 bits per heavy atom. The number of rotatable bonds is 3. The van der Waals surface area contributed by atoms with E-state index in [4.69, 9.17) is 0 Å². The summed E-state index contributed by atoms with van der Waals surface area (Å²) in [5, 5.41) is 4.10. The van der Waals surface area contributed by atoms with Crippen LogP contribution in [0, 0.1) is 5.92 Å². The Balaban J connectivity index is 1.54. The van der Waals surface area contributed by atoms with Crippen LogP contribution in [-0.4, -0.2) is 44.3 Å². The Kier molecular flexibility index (Phi) is 4.81. The average molecular weight is 402 g/mol. The molecule has 1 aromatic carbocycles. The minimum atomic E-state index is -4.51. The van der Waals surface area contributed by atoms with Crippen molar-refractivity contribution < 1.29 is 22.8 Å². The van der Waals surface area contributed by atoms with Gasteiger partial charge in [-0.3, -0.25) is 9.59 Å². The molecule has 3 aromatic rings. The van der Waals surface area contributed by atoms with E-state index in [2.05, 4.69) is 10.1 Å². The molecule has 0 unspecified atom stereocenters. The van der Waals surface area contributed by atoms with Gasteiger partial charge in [-0.05, 0) is 31.0 Å². The number of alkyl halides is 3. The van der Waals surface area contributed by atoms with E-state index in [9.17, 15) is 22.8 Å². The van der Waals surface area contributed by atoms with Crippen LogP contribution in [-0.2, 0) is 6.18 Å². The zero-order valence-corrected chi connectivity index (χ0v) is 15.3. The first-order valence-corrected chi connectivity index (χ1v) is 9.13. The van der Waals surface area contributed by atoms with E-state index in [1.54, 1.807) is 23.4 Å². The number of benzene rings is 1. The number of hydrogen-bond donors (Lipinski definition) is 0. The van der Waals surface area contributed by atoms with Gasteiger partial charge in [0, 0.05) is 37.0 Å². The summed E-state index contributed by atoms with van der Waals surface area (Å²) in [4.78, 5) is 31.5. The zero-order chi connectivity index (χ0) is 20.6. The number of piperidine rings is 1. The summed E-state index contributed by atoms with van der Waals surface area (Å²) in [6, 6.07) is 6.11. The van der Waals surface area contributed by atoms with E-state index in [1.807, 2.05) is 0 Å². The van der Waals surface area contributed by atoms with E-state index in [-0.39, 0.29) is 23.8 Å². The van der Waals surface area contributed by atoms with Crippen molar-refractivity contribution in [2.45, 2.75) is 19.0 Å². The molecule has 0 bridgehead atoms. The number of likely N-dealkylation sites (tertiary alicyclic amines) is 1. The number of hydrogen-bond acceptors (Lipinski definition) is 4. The van der Waals surface area contributed by atoms with E-state index in [0.29, 0.717) is 30.6 Å². The normalized spacial score (nSPS) is 17.5. The summed E-state index contributed by atoms with van der Waals surface area (Å²) in [5.41, 5.74) is -0.0945. The Morgan fingerprint density at radius 3 is 2.79 bits per heavy atom. The lowest BCUT2D eigenvalue weighted by Crippen LogP contribution is -2.42. The van der Waals surface area contributed by atoms with E-state index >= 15 is 0 Å². The van der Waals surface area contributed by atoms with Gasteiger partial charge in [0.25, 0.3) is 5.91 Å². The van der Waals surface area contributed by atoms with E-state index in [0.717, 1.165) is 12.1 Å². The molecule has 2 aromatic heterocycles. The molecule has 150 valence electrons. The summed E-state index contributed by atoms with van der Waals surface area (Å²) in [6.45, 7) is 0.619. The fourth-order valence-electron chi connectivity index (χ4n) is 3.61. The number of fused-ring (bicyclic) bond motifs is 1. The molecule has 1 saturated heterocycles. The third kappa shape index (κ3) is 3.72. The molecule has 0 saturated carbocycles. The summed E-state index contributed by atoms with van der Waals surface area (Å²) in [6.07, 6.45) is 1.27. The summed E-state index contributed by atoms with van der Waals surface area (Å²) in [7, 11) is 0. The van der Waals surface area contributed by atoms with Crippen LogP contribution in [0.4, 0.5) is 13.2 Å². The van der Waals surface area contributed by atoms with E-state index in [1.165, 1.54) is 22.8 Å². The smallest absolute Gasteiger partial charge is 0.338 e. The van der Waals surface area contributed by atoms with E-state index < -0.39 is 17.7 Å². The number of carbonyl (C=O) groups excluding carboxylic acids is 2. The minimum absolute atomic E-state index is 0.0109. The number of nitrogens with zero attached hydrogens (tertiary/aromatic N) is 4. The Morgan fingerprint density at radius 2 is 2.00 bits per heavy atom. The molecule has 1 amide bonds. The van der Waals surface area contributed by atoms with Gasteiger partial charge in [-0.2, -0.15) is 18.3 Å². The van der Waals surface area contributed by atoms with Crippen molar-refractivity contribution in [1.82, 2.24) is 19.5 Å². The molecule has 0 spiro atoms. The minimum Gasteiger partial charge on any atom is -0.338 e. The topological polar surface area (TPSA) is 67.6 Å². The largest absolute Gasteiger partial charge is 0.416 e. The number of amides is 1. The molecule has 1 atom stereocenters. The number of halogens is 3. The molecule has 0 aliphatic carbocycles. The van der Waals surface area contributed by atoms with Crippen LogP contribution in [0.1, 0.15) is 39.1 Å². The van der Waals surface area contributed by atoms with Gasteiger partial charge in [-0.25, -0.2) is 9.50 Å². The highest BCUT2D eigenvalue weighted by Gasteiger charge is 2.33. The van der Waals surface area contributed by atoms with Gasteiger partial charge in [-0.15, -0.1) is 0 Å². The second kappa shape index (κ2) is 7.31. The van der Waals surface area contributed by atoms with Crippen molar-refractivity contribution in [3.63, 3.8) is 0 Å². The molecule has 1 aliphatic rings. The van der Waals surface area contributed by atoms with Crippen LogP contribution in [0.15, 0.2) is 48.9 Å². The van der Waals surface area contributed by atoms with Crippen molar-refractivity contribution in [2.24, 2.45) is 5.92 Å². The SMILES string of the molecule is O=C(c1cccc(C(F)(F)F)c1)[C@H]1CCCN(C(=O)c2cnn3cccnc23)C1. The predicted octanol–water partition coefficient (Wildman–Crippen LogP) is 3.48. The molecule has 4 rings (SSSR count). The highest BCUT2D eigenvalue weighted by molar-refractivity contribution is 6.01. The Labute approximate surface area is 164 Å². The van der Waals surface area contributed by atoms with Gasteiger partial charge < -0.3 is 4.90 Å². The second-order valence-corrected chi connectivity index (χ2v) is 6.98. The molecule has 9 heteroatoms. The molecule has 1 aliphatic heterocycles. The van der Waals surface area contributed by atoms with Crippen LogP contribution < -0.4 is 0 Å². The predicted molar refractivity (Wildman–Crippen MR) is 97.4 cm³/mol. The summed E-state index contributed by atoms with van der Waals surface area (Å²) in [5.74, 6) is -1.22. The lowest BCUT2D eigenvalue weighted by Gasteiger charge is -2.32. The highest BCUT2D eigenvalue weighted by Crippen LogP contribution is 2.31. The van der Waals surface area contributed by atoms with Gasteiger partial charge in [-0.1, -0.05) is 12.1 Å². The Bertz CT molecular complexity index is 1080. The van der Waals surface area contributed by atoms with Crippen molar-refractivity contribution >= 4 is 17.3 Å². The molecule has 0 N–H and O–H groups in total. The lowest BCUT2D eigenvalue weighted by atomic mass is 9.89. The monoisotopic (exact) mass is 402 g/mol. The highest BCUT2D eigenvalue weighted by atomic mass is 19.4. The number of ketones is 1. The van der Waals surface area contributed by atoms with Crippen molar-refractivity contribution in [2.75, 3.05) is 13.1 Å². The van der Waals surface area contributed by atoms with Crippen LogP contribution in [0.5, 0.6) is 0 Å². The van der Waals surface area contributed by atoms with Gasteiger partial charge >= 0.3 is 6.18 Å². The molecule has 29 heavy (non-hydrogen) atoms. The fraction of sp³-hybridized carbons (Fsp3) is 0.300. The van der Waals surface area contributed by atoms with Gasteiger partial charge in [0.1, 0.15) is 5.56 Å². The quantitative estimate of drug-likeness (QED) is 0.629. The van der Waals surface area contributed by atoms with Crippen LogP contribution in [0.2, 0.25) is 0 Å². The molecule has 0 radical (unpaired) electrons. The summed E-state index contributed by atoms with van der Waals surface area (Å²) >= 11 is 0. The summed E-state index contributed by atoms with van der Waals surface area (Å²) < 4.78 is 40.3. The van der Waals surface area contributed by atoms with Crippen molar-refractivity contribution in [3.05, 3.63) is 65.6 Å². The number of Topliss-reactive ketones (excluding diaryl/α,β-unsaturated/α-hetero) is 1. The van der Waals surface area contributed by atoms with Crippen LogP contribution in [0.25, 0.3) is 5.65 Å². The first-order chi connectivity index (χ1) is 13.8. The first-order valence-electron chi connectivity index (χ1n) is 9.13. The first kappa shape index (κ1) is 19.1. The Hall–Kier alpha value is -3.23. The second-order valence-electron chi connectivity index (χ2n) is 6.98. The molecular weight excluding hydrogens is 385 g/mol. The average Bonchev–Trinajstić information content (AvgIpc) is 3.16. The maximum atomic E-state index is 12.9. The third-order valence-electron chi connectivity index (χ3n) is 5.06. The third-order valence-corrected chi connectivity index (χ3v) is 5.06. The van der Waals surface area contributed by atoms with Crippen molar-refractivity contribution in [3.8, 4) is 0 Å². The van der Waals surface area contributed by atoms with Gasteiger partial charge in [0.15, 0.2) is 11.4 Å². The lowest BCUT2D eigenvalue weighted by molar-refractivity contribution is -0.137. The molecular formula is C20H17F3N4O2. The van der Waals surface area contributed by atoms with Crippen LogP contribution >= 0.6 is 0 Å². The number of aromatic nitrogens is 3. The molecule has 1 fully saturated rings. The van der Waals surface area contributed by atoms with Crippen LogP contribution in [0.3, 0.4) is 0 Å². The zero-order valence-electron chi connectivity index (χ0n) is 15.3. The maximum Gasteiger partial charge on any atom is 0.416 e. The molecule has 6 nitrogen and oxygen atoms in total. The fourth-order valence-corrected chi connectivity index (χ4v) is 3.61. The standard InChI is InChI=1S/C20H17F3N4O2/c21-20(22,23)15-6-1-4-13(10-15)17(28)14-5-2-8-26(12-14)19(29)16-11-25-27-9-3-7-24-18(16)27/h1,3-4,6-7,9-11,14H,2,5,8,12H2/t14-/m0/s1. The number of carbonyl (C=O) groups is 2. The van der Waals surface area contributed by atoms with Crippen molar-refractivity contribution in [1.29, 1.82) is 0 Å².